The van der Waals surface area contributed by atoms with E-state index in [0.717, 1.165) is 0 Å². The summed E-state index contributed by atoms with van der Waals surface area (Å²) in [6, 6.07) is 10.6. The molecule has 0 aliphatic carbocycles. The van der Waals surface area contributed by atoms with Gasteiger partial charge in [0.15, 0.2) is 0 Å². The molecule has 0 bridgehead atoms. The number of hydrogen-bond donors (Lipinski definition) is 1. The molecule has 10 nitrogen and oxygen atoms in total. The normalized spacial score (nSPS) is 11.4. The van der Waals surface area contributed by atoms with Crippen LogP contribution in [-0.2, 0) is 10.0 Å². The van der Waals surface area contributed by atoms with E-state index in [2.05, 4.69) is 15.5 Å². The molecule has 0 atom stereocenters. The van der Waals surface area contributed by atoms with Crippen LogP contribution in [0.25, 0.3) is 11.5 Å². The number of nitrogens with zero attached hydrogens (tertiary/aromatic N) is 3. The van der Waals surface area contributed by atoms with Gasteiger partial charge in [0.2, 0.25) is 10.0 Å². The number of methoxy groups -OCH3 is 2. The fourth-order valence-electron chi connectivity index (χ4n) is 3.02. The van der Waals surface area contributed by atoms with Gasteiger partial charge in [-0.3, -0.25) is 10.1 Å². The number of amides is 1. The first-order valence-corrected chi connectivity index (χ1v) is 11.3. The van der Waals surface area contributed by atoms with Crippen LogP contribution in [0, 0.1) is 0 Å². The van der Waals surface area contributed by atoms with E-state index in [0.29, 0.717) is 30.2 Å². The van der Waals surface area contributed by atoms with Crippen molar-refractivity contribution in [1.29, 1.82) is 0 Å². The highest BCUT2D eigenvalue weighted by Gasteiger charge is 2.22. The van der Waals surface area contributed by atoms with Gasteiger partial charge in [-0.25, -0.2) is 8.42 Å². The molecule has 1 amide bonds. The molecule has 0 radical (unpaired) electrons. The van der Waals surface area contributed by atoms with Gasteiger partial charge in [-0.2, -0.15) is 4.31 Å². The van der Waals surface area contributed by atoms with Gasteiger partial charge in [0.05, 0.1) is 24.7 Å². The van der Waals surface area contributed by atoms with Crippen LogP contribution < -0.4 is 14.8 Å². The number of nitrogens with one attached hydrogen (secondary N) is 1. The summed E-state index contributed by atoms with van der Waals surface area (Å²) in [6.45, 7) is 4.25. The number of carbonyl (C=O) groups excluding carboxylic acids is 1. The number of benzene rings is 2. The van der Waals surface area contributed by atoms with Crippen molar-refractivity contribution in [3.8, 4) is 23.0 Å². The highest BCUT2D eigenvalue weighted by molar-refractivity contribution is 7.89. The van der Waals surface area contributed by atoms with Gasteiger partial charge in [-0.15, -0.1) is 5.10 Å². The predicted molar refractivity (Wildman–Crippen MR) is 117 cm³/mol. The lowest BCUT2D eigenvalue weighted by Gasteiger charge is -2.18. The van der Waals surface area contributed by atoms with Gasteiger partial charge in [0.25, 0.3) is 11.8 Å². The number of carbonyl (C=O) groups is 1. The molecular weight excluding hydrogens is 436 g/mol. The van der Waals surface area contributed by atoms with Crippen molar-refractivity contribution in [1.82, 2.24) is 14.5 Å². The molecule has 0 saturated carbocycles. The van der Waals surface area contributed by atoms with E-state index in [1.54, 1.807) is 32.0 Å². The van der Waals surface area contributed by atoms with Crippen LogP contribution >= 0.6 is 0 Å². The molecular formula is C21H24N4O6S. The van der Waals surface area contributed by atoms with Gasteiger partial charge < -0.3 is 13.9 Å². The Morgan fingerprint density at radius 3 is 2.31 bits per heavy atom. The maximum Gasteiger partial charge on any atom is 0.322 e. The van der Waals surface area contributed by atoms with Crippen LogP contribution in [0.15, 0.2) is 51.8 Å². The summed E-state index contributed by atoms with van der Waals surface area (Å²) in [4.78, 5) is 12.7. The first-order chi connectivity index (χ1) is 15.3. The SMILES string of the molecule is CCN(CC)S(=O)(=O)c1ccc(C(=O)Nc2nnc(-c3cc(OC)ccc3OC)o2)cc1. The van der Waals surface area contributed by atoms with Gasteiger partial charge in [-0.05, 0) is 42.5 Å². The number of anilines is 1. The summed E-state index contributed by atoms with van der Waals surface area (Å²) >= 11 is 0. The van der Waals surface area contributed by atoms with Crippen molar-refractivity contribution >= 4 is 21.9 Å². The second kappa shape index (κ2) is 9.79. The second-order valence-electron chi connectivity index (χ2n) is 6.55. The van der Waals surface area contributed by atoms with Crippen molar-refractivity contribution in [2.45, 2.75) is 18.7 Å². The monoisotopic (exact) mass is 460 g/mol. The van der Waals surface area contributed by atoms with E-state index in [1.807, 2.05) is 0 Å². The predicted octanol–water partition coefficient (Wildman–Crippen LogP) is 3.04. The minimum absolute atomic E-state index is 0.114. The number of aromatic nitrogens is 2. The van der Waals surface area contributed by atoms with E-state index in [-0.39, 0.29) is 22.4 Å². The van der Waals surface area contributed by atoms with Crippen molar-refractivity contribution in [2.75, 3.05) is 32.6 Å². The van der Waals surface area contributed by atoms with Gasteiger partial charge in [0.1, 0.15) is 11.5 Å². The topological polar surface area (TPSA) is 124 Å². The highest BCUT2D eigenvalue weighted by Crippen LogP contribution is 2.33. The second-order valence-corrected chi connectivity index (χ2v) is 8.48. The Labute approximate surface area is 186 Å². The summed E-state index contributed by atoms with van der Waals surface area (Å²) in [5.41, 5.74) is 0.744. The van der Waals surface area contributed by atoms with E-state index in [9.17, 15) is 13.2 Å². The molecule has 170 valence electrons. The summed E-state index contributed by atoms with van der Waals surface area (Å²) < 4.78 is 42.6. The van der Waals surface area contributed by atoms with E-state index in [4.69, 9.17) is 13.9 Å². The molecule has 2 aromatic carbocycles. The maximum absolute atomic E-state index is 12.6. The van der Waals surface area contributed by atoms with E-state index in [1.165, 1.54) is 42.8 Å². The Kier molecular flexibility index (Phi) is 7.11. The molecule has 0 saturated heterocycles. The summed E-state index contributed by atoms with van der Waals surface area (Å²) in [7, 11) is -0.564. The van der Waals surface area contributed by atoms with Crippen molar-refractivity contribution in [3.05, 3.63) is 48.0 Å². The molecule has 1 heterocycles. The van der Waals surface area contributed by atoms with Crippen LogP contribution in [0.3, 0.4) is 0 Å². The number of hydrogen-bond acceptors (Lipinski definition) is 8. The molecule has 3 rings (SSSR count). The van der Waals surface area contributed by atoms with Crippen LogP contribution in [0.1, 0.15) is 24.2 Å². The zero-order valence-electron chi connectivity index (χ0n) is 18.2. The molecule has 32 heavy (non-hydrogen) atoms. The van der Waals surface area contributed by atoms with Crippen molar-refractivity contribution in [3.63, 3.8) is 0 Å². The average Bonchev–Trinajstić information content (AvgIpc) is 3.27. The highest BCUT2D eigenvalue weighted by atomic mass is 32.2. The summed E-state index contributed by atoms with van der Waals surface area (Å²) in [5, 5.41) is 10.3. The van der Waals surface area contributed by atoms with Crippen LogP contribution in [0.2, 0.25) is 0 Å². The zero-order valence-corrected chi connectivity index (χ0v) is 19.0. The summed E-state index contributed by atoms with van der Waals surface area (Å²) in [5.74, 6) is 0.683. The Morgan fingerprint density at radius 1 is 1.03 bits per heavy atom. The number of sulfonamides is 1. The van der Waals surface area contributed by atoms with Gasteiger partial charge in [-0.1, -0.05) is 18.9 Å². The maximum atomic E-state index is 12.6. The van der Waals surface area contributed by atoms with Crippen LogP contribution in [-0.4, -0.2) is 56.1 Å². The van der Waals surface area contributed by atoms with Crippen molar-refractivity contribution in [2.24, 2.45) is 0 Å². The molecule has 3 aromatic rings. The number of rotatable bonds is 9. The first-order valence-electron chi connectivity index (χ1n) is 9.81. The Hall–Kier alpha value is -3.44. The molecule has 0 fully saturated rings. The summed E-state index contributed by atoms with van der Waals surface area (Å²) in [6.07, 6.45) is 0. The third-order valence-corrected chi connectivity index (χ3v) is 6.81. The molecule has 0 aliphatic rings. The lowest BCUT2D eigenvalue weighted by atomic mass is 10.2. The molecule has 0 aliphatic heterocycles. The first kappa shape index (κ1) is 23.2. The lowest BCUT2D eigenvalue weighted by Crippen LogP contribution is -2.30. The van der Waals surface area contributed by atoms with Crippen LogP contribution in [0.5, 0.6) is 11.5 Å². The fraction of sp³-hybridized carbons (Fsp3) is 0.286. The Morgan fingerprint density at radius 2 is 1.72 bits per heavy atom. The minimum Gasteiger partial charge on any atom is -0.497 e. The van der Waals surface area contributed by atoms with Gasteiger partial charge >= 0.3 is 6.01 Å². The third kappa shape index (κ3) is 4.73. The fourth-order valence-corrected chi connectivity index (χ4v) is 4.48. The standard InChI is InChI=1S/C21H24N4O6S/c1-5-25(6-2)32(27,28)16-10-7-14(8-11-16)19(26)22-21-24-23-20(31-21)17-13-15(29-3)9-12-18(17)30-4/h7-13H,5-6H2,1-4H3,(H,22,24,26). The van der Waals surface area contributed by atoms with Gasteiger partial charge in [0, 0.05) is 18.7 Å². The molecule has 0 unspecified atom stereocenters. The van der Waals surface area contributed by atoms with E-state index < -0.39 is 15.9 Å². The lowest BCUT2D eigenvalue weighted by molar-refractivity contribution is 0.102. The Bertz CT molecular complexity index is 1190. The van der Waals surface area contributed by atoms with Crippen molar-refractivity contribution < 1.29 is 27.1 Å². The third-order valence-electron chi connectivity index (χ3n) is 4.74. The van der Waals surface area contributed by atoms with Crippen LogP contribution in [0.4, 0.5) is 6.01 Å². The Balaban J connectivity index is 1.77. The molecule has 1 N–H and O–H groups in total. The number of ether oxygens (including phenoxy) is 2. The average molecular weight is 461 g/mol. The molecule has 0 spiro atoms. The smallest absolute Gasteiger partial charge is 0.322 e. The quantitative estimate of drug-likeness (QED) is 0.517. The van der Waals surface area contributed by atoms with E-state index >= 15 is 0 Å². The zero-order chi connectivity index (χ0) is 23.3. The molecule has 1 aromatic heterocycles. The molecule has 11 heteroatoms. The largest absolute Gasteiger partial charge is 0.497 e. The minimum atomic E-state index is -3.60.